The molecular formula is C11H16ClN5. The van der Waals surface area contributed by atoms with Crippen molar-refractivity contribution in [3.63, 3.8) is 0 Å². The molecule has 5 nitrogen and oxygen atoms in total. The minimum Gasteiger partial charge on any atom is -0.370 e. The maximum absolute atomic E-state index is 6.14. The number of nitrogens with two attached hydrogens (primary N) is 2. The van der Waals surface area contributed by atoms with Gasteiger partial charge in [0.2, 0.25) is 5.96 Å². The van der Waals surface area contributed by atoms with Gasteiger partial charge in [0, 0.05) is 17.8 Å². The SMILES string of the molecule is CC(C)N=C(N=C(N)N)N(Cl)c1ccccc1. The maximum Gasteiger partial charge on any atom is 0.243 e. The van der Waals surface area contributed by atoms with Crippen LogP contribution in [0.1, 0.15) is 13.8 Å². The van der Waals surface area contributed by atoms with Crippen molar-refractivity contribution in [2.75, 3.05) is 4.42 Å². The van der Waals surface area contributed by atoms with Crippen LogP contribution in [-0.2, 0) is 0 Å². The number of rotatable bonds is 2. The molecule has 4 N–H and O–H groups in total. The number of hydrogen-bond acceptors (Lipinski definition) is 1. The van der Waals surface area contributed by atoms with Gasteiger partial charge in [-0.05, 0) is 26.0 Å². The monoisotopic (exact) mass is 253 g/mol. The van der Waals surface area contributed by atoms with E-state index in [1.807, 2.05) is 44.2 Å². The second-order valence-corrected chi connectivity index (χ2v) is 4.01. The molecule has 1 rings (SSSR count). The van der Waals surface area contributed by atoms with Crippen LogP contribution in [0.3, 0.4) is 0 Å². The Hall–Kier alpha value is -1.75. The Morgan fingerprint density at radius 3 is 2.29 bits per heavy atom. The summed E-state index contributed by atoms with van der Waals surface area (Å²) in [7, 11) is 0. The van der Waals surface area contributed by atoms with E-state index in [1.54, 1.807) is 0 Å². The van der Waals surface area contributed by atoms with Crippen LogP contribution in [0, 0.1) is 0 Å². The number of aliphatic imine (C=N–C) groups is 2. The number of hydrogen-bond donors (Lipinski definition) is 2. The highest BCUT2D eigenvalue weighted by molar-refractivity contribution is 6.37. The van der Waals surface area contributed by atoms with Crippen LogP contribution in [0.5, 0.6) is 0 Å². The Morgan fingerprint density at radius 2 is 1.82 bits per heavy atom. The highest BCUT2D eigenvalue weighted by atomic mass is 35.5. The predicted molar refractivity (Wildman–Crippen MR) is 73.2 cm³/mol. The molecule has 0 saturated heterocycles. The lowest BCUT2D eigenvalue weighted by Gasteiger charge is -2.15. The number of halogens is 1. The summed E-state index contributed by atoms with van der Waals surface area (Å²) in [5.74, 6) is 0.193. The van der Waals surface area contributed by atoms with Gasteiger partial charge < -0.3 is 11.5 Å². The lowest BCUT2D eigenvalue weighted by Crippen LogP contribution is -2.29. The first-order valence-electron chi connectivity index (χ1n) is 5.19. The van der Waals surface area contributed by atoms with Gasteiger partial charge in [-0.3, -0.25) is 0 Å². The van der Waals surface area contributed by atoms with E-state index in [1.165, 1.54) is 4.42 Å². The molecule has 0 radical (unpaired) electrons. The Kier molecular flexibility index (Phi) is 4.78. The highest BCUT2D eigenvalue weighted by Crippen LogP contribution is 2.17. The van der Waals surface area contributed by atoms with Crippen LogP contribution in [0.4, 0.5) is 5.69 Å². The number of guanidine groups is 2. The summed E-state index contributed by atoms with van der Waals surface area (Å²) >= 11 is 6.14. The van der Waals surface area contributed by atoms with Crippen molar-refractivity contribution in [1.29, 1.82) is 0 Å². The van der Waals surface area contributed by atoms with Gasteiger partial charge in [-0.25, -0.2) is 9.41 Å². The molecular weight excluding hydrogens is 238 g/mol. The van der Waals surface area contributed by atoms with Crippen LogP contribution in [-0.4, -0.2) is 18.0 Å². The molecule has 1 aromatic carbocycles. The van der Waals surface area contributed by atoms with Gasteiger partial charge in [0.15, 0.2) is 5.96 Å². The van der Waals surface area contributed by atoms with Gasteiger partial charge in [-0.1, -0.05) is 18.2 Å². The Labute approximate surface area is 106 Å². The average Bonchev–Trinajstić information content (AvgIpc) is 2.27. The standard InChI is InChI=1S/C11H16ClN5/c1-8(2)15-11(16-10(13)14)17(12)9-6-4-3-5-7-9/h3-8H,1-2H3,(H4,13,14,15,16). The molecule has 0 fully saturated rings. The molecule has 0 aliphatic rings. The Bertz CT molecular complexity index is 409. The molecule has 0 aliphatic carbocycles. The molecule has 0 aliphatic heterocycles. The van der Waals surface area contributed by atoms with Gasteiger partial charge in [0.1, 0.15) is 0 Å². The summed E-state index contributed by atoms with van der Waals surface area (Å²) in [6, 6.07) is 9.35. The third-order valence-electron chi connectivity index (χ3n) is 1.76. The Balaban J connectivity index is 3.04. The summed E-state index contributed by atoms with van der Waals surface area (Å²) in [5.41, 5.74) is 11.4. The van der Waals surface area contributed by atoms with E-state index in [-0.39, 0.29) is 18.0 Å². The van der Waals surface area contributed by atoms with Gasteiger partial charge in [0.25, 0.3) is 0 Å². The summed E-state index contributed by atoms with van der Waals surface area (Å²) in [4.78, 5) is 8.17. The first kappa shape index (κ1) is 13.3. The van der Waals surface area contributed by atoms with Crippen molar-refractivity contribution >= 4 is 29.4 Å². The fourth-order valence-corrected chi connectivity index (χ4v) is 1.34. The van der Waals surface area contributed by atoms with Crippen molar-refractivity contribution in [2.45, 2.75) is 19.9 Å². The van der Waals surface area contributed by atoms with Gasteiger partial charge in [-0.15, -0.1) is 0 Å². The van der Waals surface area contributed by atoms with Gasteiger partial charge >= 0.3 is 0 Å². The van der Waals surface area contributed by atoms with Crippen molar-refractivity contribution in [1.82, 2.24) is 0 Å². The van der Waals surface area contributed by atoms with Crippen LogP contribution in [0.15, 0.2) is 40.3 Å². The van der Waals surface area contributed by atoms with Crippen molar-refractivity contribution < 1.29 is 0 Å². The fourth-order valence-electron chi connectivity index (χ4n) is 1.14. The first-order chi connectivity index (χ1) is 8.00. The number of nitrogens with zero attached hydrogens (tertiary/aromatic N) is 3. The number of anilines is 1. The summed E-state index contributed by atoms with van der Waals surface area (Å²) < 4.78 is 1.32. The molecule has 0 heterocycles. The molecule has 0 aromatic heterocycles. The smallest absolute Gasteiger partial charge is 0.243 e. The second kappa shape index (κ2) is 6.10. The topological polar surface area (TPSA) is 80.0 Å². The quantitative estimate of drug-likeness (QED) is 0.478. The zero-order valence-electron chi connectivity index (χ0n) is 9.84. The van der Waals surface area contributed by atoms with Crippen molar-refractivity contribution in [2.24, 2.45) is 21.5 Å². The largest absolute Gasteiger partial charge is 0.370 e. The minimum absolute atomic E-state index is 0.0399. The van der Waals surface area contributed by atoms with E-state index in [0.29, 0.717) is 0 Å². The van der Waals surface area contributed by atoms with E-state index >= 15 is 0 Å². The highest BCUT2D eigenvalue weighted by Gasteiger charge is 2.11. The molecule has 92 valence electrons. The lowest BCUT2D eigenvalue weighted by atomic mass is 10.3. The Morgan fingerprint density at radius 1 is 1.24 bits per heavy atom. The summed E-state index contributed by atoms with van der Waals surface area (Å²) in [5, 5.41) is 0. The second-order valence-electron chi connectivity index (χ2n) is 3.68. The van der Waals surface area contributed by atoms with Crippen molar-refractivity contribution in [3.8, 4) is 0 Å². The first-order valence-corrected chi connectivity index (χ1v) is 5.53. The molecule has 17 heavy (non-hydrogen) atoms. The van der Waals surface area contributed by atoms with Crippen LogP contribution in [0.2, 0.25) is 0 Å². The number of para-hydroxylation sites is 1. The van der Waals surface area contributed by atoms with Gasteiger partial charge in [-0.2, -0.15) is 4.99 Å². The third kappa shape index (κ3) is 4.32. The third-order valence-corrected chi connectivity index (χ3v) is 2.11. The molecule has 0 bridgehead atoms. The van der Waals surface area contributed by atoms with E-state index in [0.717, 1.165) is 5.69 Å². The molecule has 0 amide bonds. The van der Waals surface area contributed by atoms with Crippen LogP contribution >= 0.6 is 11.8 Å². The van der Waals surface area contributed by atoms with E-state index in [2.05, 4.69) is 9.98 Å². The fraction of sp³-hybridized carbons (Fsp3) is 0.273. The molecule has 6 heteroatoms. The maximum atomic E-state index is 6.14. The average molecular weight is 254 g/mol. The summed E-state index contributed by atoms with van der Waals surface area (Å²) in [6.07, 6.45) is 0. The molecule has 0 atom stereocenters. The van der Waals surface area contributed by atoms with Crippen molar-refractivity contribution in [3.05, 3.63) is 30.3 Å². The minimum atomic E-state index is -0.0778. The lowest BCUT2D eigenvalue weighted by molar-refractivity contribution is 0.831. The predicted octanol–water partition coefficient (Wildman–Crippen LogP) is 1.68. The number of benzene rings is 1. The molecule has 0 spiro atoms. The van der Waals surface area contributed by atoms with E-state index in [9.17, 15) is 0 Å². The van der Waals surface area contributed by atoms with Gasteiger partial charge in [0.05, 0.1) is 5.69 Å². The van der Waals surface area contributed by atoms with Crippen LogP contribution < -0.4 is 15.9 Å². The molecule has 0 saturated carbocycles. The van der Waals surface area contributed by atoms with E-state index < -0.39 is 0 Å². The molecule has 1 aromatic rings. The normalized spacial score (nSPS) is 11.4. The van der Waals surface area contributed by atoms with Crippen LogP contribution in [0.25, 0.3) is 0 Å². The summed E-state index contributed by atoms with van der Waals surface area (Å²) in [6.45, 7) is 3.83. The van der Waals surface area contributed by atoms with E-state index in [4.69, 9.17) is 23.2 Å². The molecule has 0 unspecified atom stereocenters. The zero-order valence-corrected chi connectivity index (χ0v) is 10.6. The zero-order chi connectivity index (χ0) is 12.8.